The molecule has 0 atom stereocenters. The number of nitro benzene ring substituents is 1. The van der Waals surface area contributed by atoms with Crippen LogP contribution < -0.4 is 0 Å². The van der Waals surface area contributed by atoms with Crippen molar-refractivity contribution in [3.8, 4) is 0 Å². The van der Waals surface area contributed by atoms with Crippen molar-refractivity contribution in [1.82, 2.24) is 9.21 Å². The standard InChI is InChI=1S/C15H20ClN3O6S/c1-15(2,3)25-14(20)17-6-8-18(9-7-17)26(23,24)11-4-5-12(16)13(10-11)19(21)22/h4-5,10H,6-9H2,1-3H3. The van der Waals surface area contributed by atoms with Crippen LogP contribution in [0, 0.1) is 10.1 Å². The minimum Gasteiger partial charge on any atom is -0.444 e. The molecule has 0 radical (unpaired) electrons. The molecule has 0 unspecified atom stereocenters. The number of carbonyl (C=O) groups excluding carboxylic acids is 1. The van der Waals surface area contributed by atoms with Crippen molar-refractivity contribution >= 4 is 33.4 Å². The molecule has 1 aromatic rings. The monoisotopic (exact) mass is 405 g/mol. The maximum Gasteiger partial charge on any atom is 0.410 e. The van der Waals surface area contributed by atoms with E-state index in [1.807, 2.05) is 0 Å². The van der Waals surface area contributed by atoms with Crippen molar-refractivity contribution in [2.45, 2.75) is 31.3 Å². The molecule has 0 spiro atoms. The first-order chi connectivity index (χ1) is 11.9. The molecule has 0 aromatic heterocycles. The molecule has 0 N–H and O–H groups in total. The number of benzene rings is 1. The van der Waals surface area contributed by atoms with Gasteiger partial charge in [-0.15, -0.1) is 0 Å². The zero-order chi connectivity index (χ0) is 19.7. The van der Waals surface area contributed by atoms with Gasteiger partial charge in [0.25, 0.3) is 5.69 Å². The highest BCUT2D eigenvalue weighted by molar-refractivity contribution is 7.89. The Morgan fingerprint density at radius 3 is 2.31 bits per heavy atom. The lowest BCUT2D eigenvalue weighted by Gasteiger charge is -2.34. The summed E-state index contributed by atoms with van der Waals surface area (Å²) in [5.74, 6) is 0. The summed E-state index contributed by atoms with van der Waals surface area (Å²) in [6.45, 7) is 5.72. The first-order valence-corrected chi connectivity index (χ1v) is 9.65. The molecule has 1 aliphatic heterocycles. The van der Waals surface area contributed by atoms with Crippen molar-refractivity contribution in [2.24, 2.45) is 0 Å². The van der Waals surface area contributed by atoms with Gasteiger partial charge in [-0.05, 0) is 32.9 Å². The molecule has 0 aliphatic carbocycles. The van der Waals surface area contributed by atoms with Crippen LogP contribution in [-0.4, -0.2) is 60.4 Å². The Labute approximate surface area is 156 Å². The number of sulfonamides is 1. The summed E-state index contributed by atoms with van der Waals surface area (Å²) in [6, 6.07) is 3.35. The van der Waals surface area contributed by atoms with Gasteiger partial charge in [0.15, 0.2) is 0 Å². The van der Waals surface area contributed by atoms with E-state index in [0.29, 0.717) is 0 Å². The predicted octanol–water partition coefficient (Wildman–Crippen LogP) is 2.49. The lowest BCUT2D eigenvalue weighted by atomic mass is 10.2. The molecular formula is C15H20ClN3O6S. The fourth-order valence-corrected chi connectivity index (χ4v) is 4.01. The van der Waals surface area contributed by atoms with Crippen LogP contribution in [0.3, 0.4) is 0 Å². The van der Waals surface area contributed by atoms with Crippen molar-refractivity contribution in [3.05, 3.63) is 33.3 Å². The number of rotatable bonds is 3. The van der Waals surface area contributed by atoms with Gasteiger partial charge < -0.3 is 9.64 Å². The quantitative estimate of drug-likeness (QED) is 0.564. The molecule has 1 amide bonds. The fraction of sp³-hybridized carbons (Fsp3) is 0.533. The van der Waals surface area contributed by atoms with Crippen molar-refractivity contribution in [1.29, 1.82) is 0 Å². The highest BCUT2D eigenvalue weighted by Crippen LogP contribution is 2.29. The maximum absolute atomic E-state index is 12.7. The Balaban J connectivity index is 2.12. The number of carbonyl (C=O) groups is 1. The van der Waals surface area contributed by atoms with E-state index in [1.165, 1.54) is 21.3 Å². The number of amides is 1. The molecule has 1 saturated heterocycles. The Morgan fingerprint density at radius 1 is 1.23 bits per heavy atom. The van der Waals surface area contributed by atoms with Gasteiger partial charge >= 0.3 is 6.09 Å². The molecule has 9 nitrogen and oxygen atoms in total. The van der Waals surface area contributed by atoms with Crippen LogP contribution in [0.25, 0.3) is 0 Å². The molecule has 1 aromatic carbocycles. The maximum atomic E-state index is 12.7. The number of nitro groups is 1. The third-order valence-electron chi connectivity index (χ3n) is 3.64. The molecule has 0 bridgehead atoms. The van der Waals surface area contributed by atoms with E-state index in [-0.39, 0.29) is 36.1 Å². The zero-order valence-corrected chi connectivity index (χ0v) is 16.2. The third kappa shape index (κ3) is 4.63. The smallest absolute Gasteiger partial charge is 0.410 e. The van der Waals surface area contributed by atoms with Crippen LogP contribution in [0.4, 0.5) is 10.5 Å². The summed E-state index contributed by atoms with van der Waals surface area (Å²) in [5, 5.41) is 10.8. The summed E-state index contributed by atoms with van der Waals surface area (Å²) in [6.07, 6.45) is -0.503. The minimum absolute atomic E-state index is 0.0675. The Morgan fingerprint density at radius 2 is 1.81 bits per heavy atom. The molecule has 26 heavy (non-hydrogen) atoms. The summed E-state index contributed by atoms with van der Waals surface area (Å²) in [4.78, 5) is 23.5. The van der Waals surface area contributed by atoms with Crippen molar-refractivity contribution in [3.63, 3.8) is 0 Å². The highest BCUT2D eigenvalue weighted by atomic mass is 35.5. The van der Waals surface area contributed by atoms with E-state index >= 15 is 0 Å². The van der Waals surface area contributed by atoms with E-state index in [2.05, 4.69) is 0 Å². The minimum atomic E-state index is -3.93. The Bertz CT molecular complexity index is 813. The second-order valence-corrected chi connectivity index (χ2v) is 9.09. The fourth-order valence-electron chi connectivity index (χ4n) is 2.38. The molecule has 1 aliphatic rings. The van der Waals surface area contributed by atoms with Crippen LogP contribution in [0.2, 0.25) is 5.02 Å². The molecule has 0 saturated carbocycles. The summed E-state index contributed by atoms with van der Waals surface area (Å²) in [7, 11) is -3.93. The van der Waals surface area contributed by atoms with Gasteiger partial charge in [0.1, 0.15) is 10.6 Å². The molecule has 1 fully saturated rings. The number of piperazine rings is 1. The van der Waals surface area contributed by atoms with Crippen LogP contribution in [-0.2, 0) is 14.8 Å². The van der Waals surface area contributed by atoms with E-state index < -0.39 is 32.3 Å². The van der Waals surface area contributed by atoms with Gasteiger partial charge in [-0.2, -0.15) is 4.31 Å². The normalized spacial score (nSPS) is 16.4. The van der Waals surface area contributed by atoms with Gasteiger partial charge in [-0.25, -0.2) is 13.2 Å². The van der Waals surface area contributed by atoms with E-state index in [0.717, 1.165) is 6.07 Å². The van der Waals surface area contributed by atoms with Crippen LogP contribution >= 0.6 is 11.6 Å². The second kappa shape index (κ2) is 7.37. The molecular weight excluding hydrogens is 386 g/mol. The summed E-state index contributed by atoms with van der Waals surface area (Å²) < 4.78 is 31.9. The van der Waals surface area contributed by atoms with Crippen LogP contribution in [0.1, 0.15) is 20.8 Å². The SMILES string of the molecule is CC(C)(C)OC(=O)N1CCN(S(=O)(=O)c2ccc(Cl)c([N+](=O)[O-])c2)CC1. The first-order valence-electron chi connectivity index (χ1n) is 7.84. The van der Waals surface area contributed by atoms with Gasteiger partial charge in [-0.1, -0.05) is 11.6 Å². The van der Waals surface area contributed by atoms with Crippen molar-refractivity contribution in [2.75, 3.05) is 26.2 Å². The number of ether oxygens (including phenoxy) is 1. The van der Waals surface area contributed by atoms with Gasteiger partial charge in [0.05, 0.1) is 9.82 Å². The summed E-state index contributed by atoms with van der Waals surface area (Å²) >= 11 is 5.73. The molecule has 2 rings (SSSR count). The first kappa shape index (κ1) is 20.4. The van der Waals surface area contributed by atoms with Gasteiger partial charge in [-0.3, -0.25) is 10.1 Å². The third-order valence-corrected chi connectivity index (χ3v) is 5.86. The van der Waals surface area contributed by atoms with Crippen LogP contribution in [0.15, 0.2) is 23.1 Å². The molecule has 1 heterocycles. The van der Waals surface area contributed by atoms with Crippen molar-refractivity contribution < 1.29 is 22.9 Å². The number of hydrogen-bond donors (Lipinski definition) is 0. The van der Waals surface area contributed by atoms with E-state index in [9.17, 15) is 23.3 Å². The zero-order valence-electron chi connectivity index (χ0n) is 14.6. The lowest BCUT2D eigenvalue weighted by molar-refractivity contribution is -0.384. The van der Waals surface area contributed by atoms with Crippen LogP contribution in [0.5, 0.6) is 0 Å². The van der Waals surface area contributed by atoms with E-state index in [1.54, 1.807) is 20.8 Å². The largest absolute Gasteiger partial charge is 0.444 e. The topological polar surface area (TPSA) is 110 Å². The number of nitrogens with zero attached hydrogens (tertiary/aromatic N) is 3. The Kier molecular flexibility index (Phi) is 5.79. The molecule has 11 heteroatoms. The van der Waals surface area contributed by atoms with E-state index in [4.69, 9.17) is 16.3 Å². The Hall–Kier alpha value is -1.91. The summed E-state index contributed by atoms with van der Waals surface area (Å²) in [5.41, 5.74) is -1.11. The van der Waals surface area contributed by atoms with Gasteiger partial charge in [0, 0.05) is 32.2 Å². The number of halogens is 1. The highest BCUT2D eigenvalue weighted by Gasteiger charge is 2.33. The molecule has 144 valence electrons. The predicted molar refractivity (Wildman–Crippen MR) is 94.7 cm³/mol. The second-order valence-electron chi connectivity index (χ2n) is 6.74. The number of hydrogen-bond acceptors (Lipinski definition) is 6. The average molecular weight is 406 g/mol. The lowest BCUT2D eigenvalue weighted by Crippen LogP contribution is -2.51. The average Bonchev–Trinajstić information content (AvgIpc) is 2.53. The van der Waals surface area contributed by atoms with Gasteiger partial charge in [0.2, 0.25) is 10.0 Å².